The van der Waals surface area contributed by atoms with Crippen LogP contribution in [0.3, 0.4) is 0 Å². The van der Waals surface area contributed by atoms with Gasteiger partial charge in [-0.15, -0.1) is 0 Å². The van der Waals surface area contributed by atoms with Crippen LogP contribution in [0, 0.1) is 11.8 Å². The number of amides is 4. The monoisotopic (exact) mass is 760 g/mol. The number of ketones is 2. The summed E-state index contributed by atoms with van der Waals surface area (Å²) < 4.78 is 5.51. The summed E-state index contributed by atoms with van der Waals surface area (Å²) in [6, 6.07) is 7.56. The molecule has 1 heterocycles. The average molecular weight is 761 g/mol. The van der Waals surface area contributed by atoms with E-state index in [9.17, 15) is 28.8 Å². The van der Waals surface area contributed by atoms with E-state index in [-0.39, 0.29) is 47.3 Å². The quantitative estimate of drug-likeness (QED) is 0.0908. The Morgan fingerprint density at radius 2 is 1.53 bits per heavy atom. The molecule has 1 saturated heterocycles. The van der Waals surface area contributed by atoms with Crippen molar-refractivity contribution in [3.63, 3.8) is 0 Å². The van der Waals surface area contributed by atoms with Crippen LogP contribution in [-0.2, 0) is 35.1 Å². The van der Waals surface area contributed by atoms with Gasteiger partial charge >= 0.3 is 6.09 Å². The Labute approximate surface area is 328 Å². The summed E-state index contributed by atoms with van der Waals surface area (Å²) >= 11 is 0. The minimum atomic E-state index is -0.842. The van der Waals surface area contributed by atoms with Gasteiger partial charge in [0.25, 0.3) is 0 Å². The van der Waals surface area contributed by atoms with Crippen molar-refractivity contribution >= 4 is 35.4 Å². The van der Waals surface area contributed by atoms with E-state index in [0.29, 0.717) is 80.2 Å². The van der Waals surface area contributed by atoms with E-state index in [2.05, 4.69) is 29.8 Å². The van der Waals surface area contributed by atoms with Crippen LogP contribution < -0.4 is 16.0 Å². The summed E-state index contributed by atoms with van der Waals surface area (Å²) in [6.45, 7) is 18.7. The Bertz CT molecular complexity index is 1650. The second-order valence-electron chi connectivity index (χ2n) is 16.7. The van der Waals surface area contributed by atoms with Crippen molar-refractivity contribution in [3.8, 4) is 0 Å². The number of benzene rings is 1. The smallest absolute Gasteiger partial charge is 0.408 e. The third-order valence-electron chi connectivity index (χ3n) is 10.0. The minimum Gasteiger partial charge on any atom is -0.444 e. The third-order valence-corrected chi connectivity index (χ3v) is 10.0. The van der Waals surface area contributed by atoms with Crippen LogP contribution in [0.5, 0.6) is 0 Å². The highest BCUT2D eigenvalue weighted by molar-refractivity contribution is 6.24. The number of alkyl carbamates (subject to hydrolysis) is 1. The highest BCUT2D eigenvalue weighted by Gasteiger charge is 2.38. The number of allylic oxidation sites excluding steroid dienone is 4. The second kappa shape index (κ2) is 20.4. The zero-order chi connectivity index (χ0) is 41.0. The lowest BCUT2D eigenvalue weighted by Gasteiger charge is -2.29. The molecule has 4 amide bonds. The zero-order valence-electron chi connectivity index (χ0n) is 34.7. The topological polar surface area (TPSA) is 151 Å². The third kappa shape index (κ3) is 13.6. The van der Waals surface area contributed by atoms with Gasteiger partial charge in [0, 0.05) is 34.9 Å². The number of nitrogens with zero attached hydrogens (tertiary/aromatic N) is 1. The van der Waals surface area contributed by atoms with Gasteiger partial charge < -0.3 is 25.6 Å². The maximum absolute atomic E-state index is 14.4. The summed E-state index contributed by atoms with van der Waals surface area (Å²) in [5.41, 5.74) is 2.23. The lowest BCUT2D eigenvalue weighted by molar-refractivity contribution is -0.141. The molecule has 11 nitrogen and oxygen atoms in total. The Balaban J connectivity index is 1.78. The van der Waals surface area contributed by atoms with Crippen LogP contribution in [0.15, 0.2) is 64.8 Å². The highest BCUT2D eigenvalue weighted by atomic mass is 16.6. The standard InChI is InChI=1S/C44H64N4O7/c1-27(2)25-34(46-43(54)55-44(8,9)10)23-22-33(26-32-17-12-11-13-18-32)42(53)48-24-16-21-37(48)41(52)47-36(40(51)45-28(3)4)20-15-14-19-35-31(7)38(49)29(5)30(6)39(35)50/h11-13,17-18,22-23,27-28,33-34,36-37H,14-16,19-21,24-26H2,1-10H3,(H,45,51)(H,46,54)(H,47,52)/b23-22+/t33-,34-,36+,37+/m1/s1. The first-order valence-electron chi connectivity index (χ1n) is 19.9. The Morgan fingerprint density at radius 1 is 0.873 bits per heavy atom. The van der Waals surface area contributed by atoms with Crippen molar-refractivity contribution in [2.24, 2.45) is 11.8 Å². The van der Waals surface area contributed by atoms with E-state index < -0.39 is 29.7 Å². The van der Waals surface area contributed by atoms with E-state index in [1.165, 1.54) is 0 Å². The molecule has 2 aliphatic rings. The molecule has 0 saturated carbocycles. The van der Waals surface area contributed by atoms with E-state index in [1.807, 2.05) is 56.3 Å². The fourth-order valence-electron chi connectivity index (χ4n) is 7.07. The number of unbranched alkanes of at least 4 members (excludes halogenated alkanes) is 1. The fourth-order valence-corrected chi connectivity index (χ4v) is 7.07. The molecule has 0 spiro atoms. The fraction of sp³-hybridized carbons (Fsp3) is 0.591. The number of hydrogen-bond donors (Lipinski definition) is 3. The van der Waals surface area contributed by atoms with E-state index in [0.717, 1.165) is 5.56 Å². The van der Waals surface area contributed by atoms with Crippen molar-refractivity contribution in [2.75, 3.05) is 6.54 Å². The van der Waals surface area contributed by atoms with Crippen LogP contribution in [0.2, 0.25) is 0 Å². The van der Waals surface area contributed by atoms with Crippen molar-refractivity contribution in [1.82, 2.24) is 20.9 Å². The van der Waals surface area contributed by atoms with Crippen LogP contribution >= 0.6 is 0 Å². The minimum absolute atomic E-state index is 0.112. The van der Waals surface area contributed by atoms with E-state index >= 15 is 0 Å². The second-order valence-corrected chi connectivity index (χ2v) is 16.7. The summed E-state index contributed by atoms with van der Waals surface area (Å²) in [5, 5.41) is 8.81. The summed E-state index contributed by atoms with van der Waals surface area (Å²) in [5.74, 6) is -1.48. The first kappa shape index (κ1) is 44.9. The number of carbonyl (C=O) groups excluding carboxylic acids is 6. The molecule has 3 N–H and O–H groups in total. The zero-order valence-corrected chi connectivity index (χ0v) is 34.7. The molecule has 4 atom stereocenters. The predicted octanol–water partition coefficient (Wildman–Crippen LogP) is 6.71. The Kier molecular flexibility index (Phi) is 16.6. The first-order chi connectivity index (χ1) is 25.8. The molecule has 55 heavy (non-hydrogen) atoms. The highest BCUT2D eigenvalue weighted by Crippen LogP contribution is 2.28. The van der Waals surface area contributed by atoms with Crippen molar-refractivity contribution in [3.05, 3.63) is 70.3 Å². The normalized spacial score (nSPS) is 18.3. The molecule has 0 radical (unpaired) electrons. The van der Waals surface area contributed by atoms with Gasteiger partial charge in [-0.25, -0.2) is 4.79 Å². The lowest BCUT2D eigenvalue weighted by Crippen LogP contribution is -2.54. The molecule has 0 bridgehead atoms. The number of carbonyl (C=O) groups is 6. The Morgan fingerprint density at radius 3 is 2.15 bits per heavy atom. The molecular formula is C44H64N4O7. The molecule has 11 heteroatoms. The predicted molar refractivity (Wildman–Crippen MR) is 215 cm³/mol. The lowest BCUT2D eigenvalue weighted by atomic mass is 9.84. The molecule has 1 aliphatic heterocycles. The molecule has 302 valence electrons. The van der Waals surface area contributed by atoms with Crippen LogP contribution in [0.25, 0.3) is 0 Å². The number of hydrogen-bond acceptors (Lipinski definition) is 7. The van der Waals surface area contributed by atoms with Crippen LogP contribution in [0.1, 0.15) is 120 Å². The number of likely N-dealkylation sites (tertiary alicyclic amines) is 1. The van der Waals surface area contributed by atoms with Gasteiger partial charge in [0.15, 0.2) is 11.6 Å². The molecule has 1 aromatic rings. The number of ether oxygens (including phenoxy) is 1. The number of rotatable bonds is 17. The molecule has 1 aromatic carbocycles. The SMILES string of the molecule is CC1=C(C)C(=O)C(CCCC[C@H](NC(=O)[C@@H]2CCCN2C(=O)[C@H](/C=C/[C@H](CC(C)C)NC(=O)OC(C)(C)C)Cc2ccccc2)C(=O)NC(C)C)=C(C)C1=O. The molecule has 3 rings (SSSR count). The Hall–Kier alpha value is -4.54. The van der Waals surface area contributed by atoms with Crippen molar-refractivity contribution in [2.45, 2.75) is 150 Å². The average Bonchev–Trinajstić information content (AvgIpc) is 3.60. The van der Waals surface area contributed by atoms with Gasteiger partial charge in [0.05, 0.1) is 12.0 Å². The maximum Gasteiger partial charge on any atom is 0.408 e. The molecule has 0 aromatic heterocycles. The molecule has 0 unspecified atom stereocenters. The first-order valence-corrected chi connectivity index (χ1v) is 19.9. The van der Waals surface area contributed by atoms with Crippen LogP contribution in [-0.4, -0.2) is 76.6 Å². The van der Waals surface area contributed by atoms with Gasteiger partial charge in [-0.3, -0.25) is 24.0 Å². The molecule has 1 aliphatic carbocycles. The van der Waals surface area contributed by atoms with E-state index in [1.54, 1.807) is 46.4 Å². The van der Waals surface area contributed by atoms with Gasteiger partial charge in [-0.05, 0) is 112 Å². The van der Waals surface area contributed by atoms with E-state index in [4.69, 9.17) is 4.74 Å². The molecule has 1 fully saturated rings. The largest absolute Gasteiger partial charge is 0.444 e. The van der Waals surface area contributed by atoms with Gasteiger partial charge in [0.1, 0.15) is 17.7 Å². The van der Waals surface area contributed by atoms with Gasteiger partial charge in [-0.2, -0.15) is 0 Å². The number of Topliss-reactive ketones (excluding diaryl/α,β-unsaturated/α-hetero) is 2. The van der Waals surface area contributed by atoms with Crippen molar-refractivity contribution in [1.29, 1.82) is 0 Å². The summed E-state index contributed by atoms with van der Waals surface area (Å²) in [6.07, 6.45) is 7.13. The maximum atomic E-state index is 14.4. The molecular weight excluding hydrogens is 697 g/mol. The van der Waals surface area contributed by atoms with Gasteiger partial charge in [-0.1, -0.05) is 62.8 Å². The van der Waals surface area contributed by atoms with Crippen molar-refractivity contribution < 1.29 is 33.5 Å². The summed E-state index contributed by atoms with van der Waals surface area (Å²) in [4.78, 5) is 81.7. The van der Waals surface area contributed by atoms with Gasteiger partial charge in [0.2, 0.25) is 17.7 Å². The summed E-state index contributed by atoms with van der Waals surface area (Å²) in [7, 11) is 0. The van der Waals surface area contributed by atoms with Crippen LogP contribution in [0.4, 0.5) is 4.79 Å². The number of nitrogens with one attached hydrogen (secondary N) is 3.